The number of imide groups is 1. The Kier molecular flexibility index (Phi) is 15.3. The third kappa shape index (κ3) is 10.3. The standard InChI is InChI=1S/C19H27N3O3.C10H10FNO2.C2H6/c1-4-12-21-13-11-19(2,25)16-8-5-15(6-9-16)7-10-17(20-3)18(24)22-14-23;1-12-5-6-3-4-7(14-2)9(11)8(6)10(12)13;1-2/h5-6,8-9,14,17,20-21,25H,4,11-13H2,1-3H3,(H,22,23,24);3-4H,5H2,1-2H3;1-2H3. The van der Waals surface area contributed by atoms with Gasteiger partial charge in [-0.25, -0.2) is 4.39 Å². The number of benzene rings is 2. The minimum atomic E-state index is -0.913. The molecule has 224 valence electrons. The topological polar surface area (TPSA) is 120 Å². The number of likely N-dealkylation sites (N-methyl/N-ethyl adjacent to an activating group) is 1. The SMILES string of the molecule is CC.CCCNCCC(C)(O)c1ccc(C#CC(NC)C(=O)NC=O)cc1.COc1ccc2c(c1F)C(=O)N(C)C2. The van der Waals surface area contributed by atoms with Crippen LogP contribution in [0.5, 0.6) is 5.75 Å². The Labute approximate surface area is 242 Å². The minimum absolute atomic E-state index is 0.118. The van der Waals surface area contributed by atoms with Gasteiger partial charge in [0.05, 0.1) is 18.3 Å². The third-order valence-electron chi connectivity index (χ3n) is 6.22. The van der Waals surface area contributed by atoms with Gasteiger partial charge in [0.1, 0.15) is 6.04 Å². The third-order valence-corrected chi connectivity index (χ3v) is 6.22. The number of halogens is 1. The molecule has 0 aliphatic carbocycles. The van der Waals surface area contributed by atoms with Crippen molar-refractivity contribution in [2.45, 2.75) is 58.7 Å². The van der Waals surface area contributed by atoms with Crippen LogP contribution in [0.25, 0.3) is 0 Å². The first-order chi connectivity index (χ1) is 19.6. The van der Waals surface area contributed by atoms with Crippen LogP contribution < -0.4 is 20.7 Å². The van der Waals surface area contributed by atoms with Crippen LogP contribution in [0.2, 0.25) is 0 Å². The van der Waals surface area contributed by atoms with Crippen molar-refractivity contribution in [1.82, 2.24) is 20.9 Å². The molecule has 41 heavy (non-hydrogen) atoms. The molecule has 1 aliphatic heterocycles. The first-order valence-electron chi connectivity index (χ1n) is 13.7. The summed E-state index contributed by atoms with van der Waals surface area (Å²) in [5, 5.41) is 18.7. The Morgan fingerprint density at radius 2 is 1.88 bits per heavy atom. The fourth-order valence-corrected chi connectivity index (χ4v) is 3.89. The lowest BCUT2D eigenvalue weighted by Crippen LogP contribution is -2.41. The van der Waals surface area contributed by atoms with E-state index in [1.54, 1.807) is 45.3 Å². The van der Waals surface area contributed by atoms with Crippen molar-refractivity contribution in [1.29, 1.82) is 0 Å². The molecular formula is C31H43FN4O5. The summed E-state index contributed by atoms with van der Waals surface area (Å²) < 4.78 is 18.4. The first kappa shape index (κ1) is 35.2. The van der Waals surface area contributed by atoms with Crippen molar-refractivity contribution in [2.24, 2.45) is 0 Å². The normalized spacial score (nSPS) is 13.6. The van der Waals surface area contributed by atoms with Crippen molar-refractivity contribution < 1.29 is 28.6 Å². The van der Waals surface area contributed by atoms with Gasteiger partial charge in [0, 0.05) is 19.2 Å². The second kappa shape index (κ2) is 17.8. The first-order valence-corrected chi connectivity index (χ1v) is 13.7. The van der Waals surface area contributed by atoms with Gasteiger partial charge in [0.25, 0.3) is 11.8 Å². The van der Waals surface area contributed by atoms with Crippen molar-refractivity contribution in [3.8, 4) is 17.6 Å². The van der Waals surface area contributed by atoms with Crippen molar-refractivity contribution in [3.63, 3.8) is 0 Å². The van der Waals surface area contributed by atoms with Gasteiger partial charge in [-0.1, -0.05) is 50.8 Å². The number of fused-ring (bicyclic) bond motifs is 1. The van der Waals surface area contributed by atoms with Crippen LogP contribution in [-0.2, 0) is 21.7 Å². The Bertz CT molecular complexity index is 1210. The van der Waals surface area contributed by atoms with Gasteiger partial charge >= 0.3 is 0 Å². The molecule has 0 saturated heterocycles. The van der Waals surface area contributed by atoms with Crippen LogP contribution in [0.15, 0.2) is 36.4 Å². The average molecular weight is 571 g/mol. The zero-order chi connectivity index (χ0) is 31.0. The van der Waals surface area contributed by atoms with E-state index < -0.39 is 23.4 Å². The highest BCUT2D eigenvalue weighted by atomic mass is 19.1. The molecule has 1 heterocycles. The molecule has 0 saturated carbocycles. The van der Waals surface area contributed by atoms with Gasteiger partial charge in [-0.3, -0.25) is 25.0 Å². The number of nitrogens with zero attached hydrogens (tertiary/aromatic N) is 1. The van der Waals surface area contributed by atoms with Crippen LogP contribution in [0.1, 0.15) is 67.6 Å². The number of hydrogen-bond acceptors (Lipinski definition) is 7. The van der Waals surface area contributed by atoms with Gasteiger partial charge in [0.15, 0.2) is 11.6 Å². The molecule has 0 spiro atoms. The lowest BCUT2D eigenvalue weighted by atomic mass is 9.92. The predicted molar refractivity (Wildman–Crippen MR) is 158 cm³/mol. The van der Waals surface area contributed by atoms with Crippen LogP contribution in [0.4, 0.5) is 4.39 Å². The van der Waals surface area contributed by atoms with Crippen molar-refractivity contribution in [3.05, 3.63) is 64.5 Å². The van der Waals surface area contributed by atoms with E-state index in [4.69, 9.17) is 4.74 Å². The molecule has 3 rings (SSSR count). The summed E-state index contributed by atoms with van der Waals surface area (Å²) in [6, 6.07) is 9.78. The van der Waals surface area contributed by atoms with Gasteiger partial charge in [-0.15, -0.1) is 0 Å². The van der Waals surface area contributed by atoms with E-state index in [9.17, 15) is 23.9 Å². The van der Waals surface area contributed by atoms with Gasteiger partial charge in [0.2, 0.25) is 6.41 Å². The highest BCUT2D eigenvalue weighted by Gasteiger charge is 2.29. The number of rotatable bonds is 10. The predicted octanol–water partition coefficient (Wildman–Crippen LogP) is 2.94. The summed E-state index contributed by atoms with van der Waals surface area (Å²) in [4.78, 5) is 34.9. The van der Waals surface area contributed by atoms with E-state index in [0.717, 1.165) is 36.2 Å². The fraction of sp³-hybridized carbons (Fsp3) is 0.452. The van der Waals surface area contributed by atoms with E-state index in [1.807, 2.05) is 26.0 Å². The van der Waals surface area contributed by atoms with Crippen molar-refractivity contribution in [2.75, 3.05) is 34.3 Å². The van der Waals surface area contributed by atoms with Gasteiger partial charge in [-0.2, -0.15) is 0 Å². The molecule has 4 N–H and O–H groups in total. The van der Waals surface area contributed by atoms with E-state index in [1.165, 1.54) is 12.0 Å². The lowest BCUT2D eigenvalue weighted by molar-refractivity contribution is -0.125. The average Bonchev–Trinajstić information content (AvgIpc) is 3.27. The lowest BCUT2D eigenvalue weighted by Gasteiger charge is -2.24. The van der Waals surface area contributed by atoms with E-state index in [2.05, 4.69) is 34.7 Å². The van der Waals surface area contributed by atoms with E-state index in [-0.39, 0.29) is 17.2 Å². The second-order valence-electron chi connectivity index (χ2n) is 9.25. The quantitative estimate of drug-likeness (QED) is 0.197. The van der Waals surface area contributed by atoms with Gasteiger partial charge in [-0.05, 0) is 69.2 Å². The molecular weight excluding hydrogens is 527 g/mol. The molecule has 10 heteroatoms. The molecule has 1 aliphatic rings. The number of carbonyl (C=O) groups is 3. The molecule has 0 bridgehead atoms. The van der Waals surface area contributed by atoms with Crippen LogP contribution >= 0.6 is 0 Å². The highest BCUT2D eigenvalue weighted by molar-refractivity contribution is 5.98. The largest absolute Gasteiger partial charge is 0.494 e. The summed E-state index contributed by atoms with van der Waals surface area (Å²) >= 11 is 0. The Morgan fingerprint density at radius 1 is 1.22 bits per heavy atom. The number of ether oxygens (including phenoxy) is 1. The Morgan fingerprint density at radius 3 is 2.44 bits per heavy atom. The number of nitrogens with one attached hydrogen (secondary N) is 3. The maximum atomic E-state index is 13.6. The molecule has 0 radical (unpaired) electrons. The summed E-state index contributed by atoms with van der Waals surface area (Å²) in [5.74, 6) is 4.45. The molecule has 2 atom stereocenters. The zero-order valence-corrected chi connectivity index (χ0v) is 25.1. The summed E-state index contributed by atoms with van der Waals surface area (Å²) in [7, 11) is 4.62. The fourth-order valence-electron chi connectivity index (χ4n) is 3.89. The number of hydrogen-bond donors (Lipinski definition) is 4. The summed E-state index contributed by atoms with van der Waals surface area (Å²) in [6.07, 6.45) is 2.01. The maximum absolute atomic E-state index is 13.6. The van der Waals surface area contributed by atoms with Crippen LogP contribution in [-0.4, -0.2) is 68.6 Å². The minimum Gasteiger partial charge on any atom is -0.494 e. The smallest absolute Gasteiger partial charge is 0.257 e. The molecule has 0 aromatic heterocycles. The van der Waals surface area contributed by atoms with Gasteiger partial charge < -0.3 is 20.1 Å². The molecule has 0 fully saturated rings. The highest BCUT2D eigenvalue weighted by Crippen LogP contribution is 2.29. The molecule has 3 amide bonds. The van der Waals surface area contributed by atoms with E-state index in [0.29, 0.717) is 19.4 Å². The Balaban J connectivity index is 0.000000439. The summed E-state index contributed by atoms with van der Waals surface area (Å²) in [6.45, 7) is 10.1. The maximum Gasteiger partial charge on any atom is 0.257 e. The zero-order valence-electron chi connectivity index (χ0n) is 25.1. The molecule has 9 nitrogen and oxygen atoms in total. The molecule has 2 aromatic rings. The second-order valence-corrected chi connectivity index (χ2v) is 9.25. The molecule has 2 unspecified atom stereocenters. The monoisotopic (exact) mass is 570 g/mol. The molecule has 2 aromatic carbocycles. The number of amides is 3. The number of carbonyl (C=O) groups excluding carboxylic acids is 3. The number of aliphatic hydroxyl groups is 1. The Hall–Kier alpha value is -3.78. The number of methoxy groups -OCH3 is 1. The van der Waals surface area contributed by atoms with Crippen LogP contribution in [0, 0.1) is 17.7 Å². The van der Waals surface area contributed by atoms with Crippen LogP contribution in [0.3, 0.4) is 0 Å². The van der Waals surface area contributed by atoms with E-state index >= 15 is 0 Å². The van der Waals surface area contributed by atoms with Crippen molar-refractivity contribution >= 4 is 18.2 Å². The summed E-state index contributed by atoms with van der Waals surface area (Å²) in [5.41, 5.74) is 1.50.